The zero-order valence-corrected chi connectivity index (χ0v) is 15.8. The number of hydrogen-bond donors (Lipinski definition) is 0. The van der Waals surface area contributed by atoms with Gasteiger partial charge in [-0.1, -0.05) is 17.7 Å². The molecule has 3 rings (SSSR count). The van der Waals surface area contributed by atoms with Crippen LogP contribution in [0.5, 0.6) is 5.75 Å². The van der Waals surface area contributed by atoms with E-state index >= 15 is 0 Å². The fraction of sp³-hybridized carbons (Fsp3) is 0.238. The van der Waals surface area contributed by atoms with Crippen LogP contribution < -0.4 is 4.74 Å². The van der Waals surface area contributed by atoms with Crippen LogP contribution in [0.1, 0.15) is 41.8 Å². The van der Waals surface area contributed by atoms with Gasteiger partial charge in [0, 0.05) is 11.1 Å². The number of ether oxygens (including phenoxy) is 2. The number of carbonyl (C=O) groups is 2. The molecule has 1 atom stereocenters. The molecule has 1 unspecified atom stereocenters. The summed E-state index contributed by atoms with van der Waals surface area (Å²) in [5, 5.41) is 7.94. The van der Waals surface area contributed by atoms with Gasteiger partial charge in [0.05, 0.1) is 0 Å². The summed E-state index contributed by atoms with van der Waals surface area (Å²) in [6.45, 7) is 4.84. The SMILES string of the molecule is CC(=O)c1ccc(OCC(=O)OC(C)c2nnc(-c3ccc(C)cc3)o2)cc1. The normalized spacial score (nSPS) is 11.7. The Hall–Kier alpha value is -3.48. The van der Waals surface area contributed by atoms with Gasteiger partial charge >= 0.3 is 5.97 Å². The molecule has 144 valence electrons. The van der Waals surface area contributed by atoms with Gasteiger partial charge < -0.3 is 13.9 Å². The summed E-state index contributed by atoms with van der Waals surface area (Å²) in [6, 6.07) is 14.2. The molecule has 7 heteroatoms. The number of hydrogen-bond acceptors (Lipinski definition) is 7. The van der Waals surface area contributed by atoms with E-state index in [4.69, 9.17) is 13.9 Å². The Morgan fingerprint density at radius 1 is 1.04 bits per heavy atom. The first-order valence-electron chi connectivity index (χ1n) is 8.76. The summed E-state index contributed by atoms with van der Waals surface area (Å²) in [5.41, 5.74) is 2.49. The standard InChI is InChI=1S/C21H20N2O5/c1-13-4-6-17(7-5-13)21-23-22-20(28-21)15(3)27-19(25)12-26-18-10-8-16(9-11-18)14(2)24/h4-11,15H,12H2,1-3H3. The average Bonchev–Trinajstić information content (AvgIpc) is 3.17. The molecule has 0 saturated carbocycles. The van der Waals surface area contributed by atoms with Crippen molar-refractivity contribution in [1.29, 1.82) is 0 Å². The van der Waals surface area contributed by atoms with Crippen molar-refractivity contribution in [3.63, 3.8) is 0 Å². The molecule has 0 radical (unpaired) electrons. The second kappa shape index (κ2) is 8.47. The first-order chi connectivity index (χ1) is 13.4. The number of carbonyl (C=O) groups excluding carboxylic acids is 2. The summed E-state index contributed by atoms with van der Waals surface area (Å²) in [6.07, 6.45) is -0.706. The van der Waals surface area contributed by atoms with Crippen LogP contribution in [0.4, 0.5) is 0 Å². The molecule has 0 spiro atoms. The minimum Gasteiger partial charge on any atom is -0.482 e. The van der Waals surface area contributed by atoms with Crippen LogP contribution in [-0.2, 0) is 9.53 Å². The molecule has 0 amide bonds. The predicted molar refractivity (Wildman–Crippen MR) is 101 cm³/mol. The van der Waals surface area contributed by atoms with E-state index in [1.807, 2.05) is 31.2 Å². The molecule has 1 heterocycles. The molecule has 0 N–H and O–H groups in total. The van der Waals surface area contributed by atoms with Crippen LogP contribution in [0.15, 0.2) is 52.9 Å². The highest BCUT2D eigenvalue weighted by molar-refractivity contribution is 5.94. The van der Waals surface area contributed by atoms with E-state index in [-0.39, 0.29) is 18.3 Å². The minimum atomic E-state index is -0.706. The van der Waals surface area contributed by atoms with Crippen LogP contribution in [-0.4, -0.2) is 28.6 Å². The number of nitrogens with zero attached hydrogens (tertiary/aromatic N) is 2. The summed E-state index contributed by atoms with van der Waals surface area (Å²) < 4.78 is 16.2. The summed E-state index contributed by atoms with van der Waals surface area (Å²) in [5.74, 6) is 0.422. The Kier molecular flexibility index (Phi) is 5.84. The van der Waals surface area contributed by atoms with Crippen LogP contribution in [0.3, 0.4) is 0 Å². The quantitative estimate of drug-likeness (QED) is 0.453. The van der Waals surface area contributed by atoms with E-state index in [2.05, 4.69) is 10.2 Å². The molecule has 7 nitrogen and oxygen atoms in total. The van der Waals surface area contributed by atoms with E-state index in [0.29, 0.717) is 17.2 Å². The molecule has 28 heavy (non-hydrogen) atoms. The highest BCUT2D eigenvalue weighted by Gasteiger charge is 2.19. The lowest BCUT2D eigenvalue weighted by Gasteiger charge is -2.10. The number of benzene rings is 2. The Morgan fingerprint density at radius 2 is 1.71 bits per heavy atom. The number of aromatic nitrogens is 2. The van der Waals surface area contributed by atoms with Crippen molar-refractivity contribution in [1.82, 2.24) is 10.2 Å². The molecule has 0 saturated heterocycles. The monoisotopic (exact) mass is 380 g/mol. The molecule has 0 aliphatic heterocycles. The molecule has 3 aromatic rings. The van der Waals surface area contributed by atoms with Crippen molar-refractivity contribution < 1.29 is 23.5 Å². The largest absolute Gasteiger partial charge is 0.482 e. The Bertz CT molecular complexity index is 961. The maximum absolute atomic E-state index is 12.0. The van der Waals surface area contributed by atoms with Gasteiger partial charge in [-0.15, -0.1) is 10.2 Å². The van der Waals surface area contributed by atoms with Crippen molar-refractivity contribution in [2.75, 3.05) is 6.61 Å². The van der Waals surface area contributed by atoms with E-state index in [9.17, 15) is 9.59 Å². The number of rotatable bonds is 7. The highest BCUT2D eigenvalue weighted by atomic mass is 16.6. The minimum absolute atomic E-state index is 0.0376. The van der Waals surface area contributed by atoms with E-state index in [1.165, 1.54) is 6.92 Å². The Morgan fingerprint density at radius 3 is 2.36 bits per heavy atom. The van der Waals surface area contributed by atoms with E-state index in [0.717, 1.165) is 11.1 Å². The smallest absolute Gasteiger partial charge is 0.344 e. The fourth-order valence-corrected chi connectivity index (χ4v) is 2.42. The molecule has 0 bridgehead atoms. The van der Waals surface area contributed by atoms with Gasteiger partial charge in [0.25, 0.3) is 5.89 Å². The third-order valence-corrected chi connectivity index (χ3v) is 4.01. The topological polar surface area (TPSA) is 91.5 Å². The lowest BCUT2D eigenvalue weighted by Crippen LogP contribution is -2.17. The van der Waals surface area contributed by atoms with Gasteiger partial charge in [-0.05, 0) is 57.2 Å². The lowest BCUT2D eigenvalue weighted by molar-refractivity contribution is -0.152. The van der Waals surface area contributed by atoms with Crippen LogP contribution in [0.25, 0.3) is 11.5 Å². The van der Waals surface area contributed by atoms with Crippen molar-refractivity contribution in [2.24, 2.45) is 0 Å². The first-order valence-corrected chi connectivity index (χ1v) is 8.76. The third kappa shape index (κ3) is 4.82. The molecular weight excluding hydrogens is 360 g/mol. The van der Waals surface area contributed by atoms with Gasteiger partial charge in [-0.2, -0.15) is 0 Å². The van der Waals surface area contributed by atoms with Gasteiger partial charge in [0.1, 0.15) is 5.75 Å². The van der Waals surface area contributed by atoms with Crippen molar-refractivity contribution in [2.45, 2.75) is 26.9 Å². The molecular formula is C21H20N2O5. The van der Waals surface area contributed by atoms with E-state index in [1.54, 1.807) is 31.2 Å². The molecule has 0 fully saturated rings. The van der Waals surface area contributed by atoms with Crippen LogP contribution in [0.2, 0.25) is 0 Å². The molecule has 2 aromatic carbocycles. The van der Waals surface area contributed by atoms with E-state index < -0.39 is 12.1 Å². The third-order valence-electron chi connectivity index (χ3n) is 4.01. The van der Waals surface area contributed by atoms with Crippen molar-refractivity contribution >= 4 is 11.8 Å². The van der Waals surface area contributed by atoms with Gasteiger partial charge in [0.15, 0.2) is 18.5 Å². The zero-order valence-electron chi connectivity index (χ0n) is 15.8. The predicted octanol–water partition coefficient (Wildman–Crippen LogP) is 3.93. The highest BCUT2D eigenvalue weighted by Crippen LogP contribution is 2.22. The van der Waals surface area contributed by atoms with Crippen LogP contribution >= 0.6 is 0 Å². The first kappa shape index (κ1) is 19.3. The van der Waals surface area contributed by atoms with Crippen molar-refractivity contribution in [3.05, 3.63) is 65.5 Å². The average molecular weight is 380 g/mol. The summed E-state index contributed by atoms with van der Waals surface area (Å²) >= 11 is 0. The molecule has 0 aliphatic rings. The van der Waals surface area contributed by atoms with Gasteiger partial charge in [-0.3, -0.25) is 4.79 Å². The second-order valence-electron chi connectivity index (χ2n) is 6.31. The summed E-state index contributed by atoms with van der Waals surface area (Å²) in [7, 11) is 0. The number of ketones is 1. The lowest BCUT2D eigenvalue weighted by atomic mass is 10.1. The van der Waals surface area contributed by atoms with Crippen molar-refractivity contribution in [3.8, 4) is 17.2 Å². The zero-order chi connectivity index (χ0) is 20.1. The Balaban J connectivity index is 1.54. The number of esters is 1. The summed E-state index contributed by atoms with van der Waals surface area (Å²) in [4.78, 5) is 23.2. The fourth-order valence-electron chi connectivity index (χ4n) is 2.42. The number of Topliss-reactive ketones (excluding diaryl/α,β-unsaturated/α-hetero) is 1. The van der Waals surface area contributed by atoms with Gasteiger partial charge in [0.2, 0.25) is 5.89 Å². The maximum Gasteiger partial charge on any atom is 0.344 e. The second-order valence-corrected chi connectivity index (χ2v) is 6.31. The van der Waals surface area contributed by atoms with Crippen LogP contribution in [0, 0.1) is 6.92 Å². The molecule has 0 aliphatic carbocycles. The maximum atomic E-state index is 12.0. The Labute approximate surface area is 162 Å². The van der Waals surface area contributed by atoms with Gasteiger partial charge in [-0.25, -0.2) is 4.79 Å². The molecule has 1 aromatic heterocycles. The number of aryl methyl sites for hydroxylation is 1.